The largest absolute Gasteiger partial charge is 0.316 e. The fraction of sp³-hybridized carbons (Fsp3) is 1.00. The molecular formula is C10H19NS. The molecule has 0 aliphatic carbocycles. The summed E-state index contributed by atoms with van der Waals surface area (Å²) < 4.78 is 0.565. The Morgan fingerprint density at radius 2 is 2.17 bits per heavy atom. The molecule has 0 saturated carbocycles. The van der Waals surface area contributed by atoms with Crippen molar-refractivity contribution in [1.82, 2.24) is 5.32 Å². The Hall–Kier alpha value is 0.310. The molecule has 70 valence electrons. The SMILES string of the molecule is CC1(C)SCCC1CC1CNC1. The molecule has 0 aromatic carbocycles. The molecule has 0 aromatic rings. The van der Waals surface area contributed by atoms with Gasteiger partial charge >= 0.3 is 0 Å². The first-order chi connectivity index (χ1) is 5.68. The van der Waals surface area contributed by atoms with E-state index in [1.807, 2.05) is 0 Å². The lowest BCUT2D eigenvalue weighted by Crippen LogP contribution is -2.44. The Morgan fingerprint density at radius 1 is 1.42 bits per heavy atom. The number of hydrogen-bond acceptors (Lipinski definition) is 2. The quantitative estimate of drug-likeness (QED) is 0.707. The fourth-order valence-electron chi connectivity index (χ4n) is 2.25. The van der Waals surface area contributed by atoms with Crippen LogP contribution in [0.3, 0.4) is 0 Å². The number of hydrogen-bond donors (Lipinski definition) is 1. The van der Waals surface area contributed by atoms with Gasteiger partial charge in [-0.1, -0.05) is 13.8 Å². The van der Waals surface area contributed by atoms with Crippen molar-refractivity contribution in [2.75, 3.05) is 18.8 Å². The average molecular weight is 185 g/mol. The van der Waals surface area contributed by atoms with Crippen molar-refractivity contribution in [1.29, 1.82) is 0 Å². The summed E-state index contributed by atoms with van der Waals surface area (Å²) in [5.74, 6) is 3.36. The van der Waals surface area contributed by atoms with Gasteiger partial charge in [-0.05, 0) is 43.5 Å². The van der Waals surface area contributed by atoms with E-state index in [1.165, 1.54) is 31.7 Å². The summed E-state index contributed by atoms with van der Waals surface area (Å²) in [5, 5.41) is 3.36. The highest BCUT2D eigenvalue weighted by Gasteiger charge is 2.37. The molecule has 2 heterocycles. The summed E-state index contributed by atoms with van der Waals surface area (Å²) in [6, 6.07) is 0. The minimum Gasteiger partial charge on any atom is -0.316 e. The maximum Gasteiger partial charge on any atom is 0.0132 e. The van der Waals surface area contributed by atoms with Gasteiger partial charge in [-0.15, -0.1) is 0 Å². The molecule has 2 aliphatic heterocycles. The molecule has 2 saturated heterocycles. The standard InChI is InChI=1S/C10H19NS/c1-10(2)9(3-4-12-10)5-8-6-11-7-8/h8-9,11H,3-7H2,1-2H3. The molecule has 0 spiro atoms. The summed E-state index contributed by atoms with van der Waals surface area (Å²) in [5.41, 5.74) is 0. The Kier molecular flexibility index (Phi) is 2.39. The average Bonchev–Trinajstić information content (AvgIpc) is 2.21. The van der Waals surface area contributed by atoms with E-state index in [0.29, 0.717) is 4.75 Å². The van der Waals surface area contributed by atoms with Crippen LogP contribution in [0.1, 0.15) is 26.7 Å². The van der Waals surface area contributed by atoms with E-state index in [-0.39, 0.29) is 0 Å². The van der Waals surface area contributed by atoms with Crippen LogP contribution >= 0.6 is 11.8 Å². The smallest absolute Gasteiger partial charge is 0.0132 e. The third-order valence-electron chi connectivity index (χ3n) is 3.41. The second-order valence-electron chi connectivity index (χ2n) is 4.70. The Labute approximate surface area is 79.7 Å². The third kappa shape index (κ3) is 1.64. The van der Waals surface area contributed by atoms with Crippen molar-refractivity contribution < 1.29 is 0 Å². The van der Waals surface area contributed by atoms with Gasteiger partial charge in [0.15, 0.2) is 0 Å². The highest BCUT2D eigenvalue weighted by molar-refractivity contribution is 8.00. The van der Waals surface area contributed by atoms with Crippen molar-refractivity contribution in [3.05, 3.63) is 0 Å². The molecule has 1 N–H and O–H groups in total. The van der Waals surface area contributed by atoms with Crippen LogP contribution in [0.4, 0.5) is 0 Å². The highest BCUT2D eigenvalue weighted by Crippen LogP contribution is 2.45. The lowest BCUT2D eigenvalue weighted by molar-refractivity contribution is 0.254. The van der Waals surface area contributed by atoms with Crippen LogP contribution in [0.25, 0.3) is 0 Å². The number of thioether (sulfide) groups is 1. The molecule has 2 fully saturated rings. The Bertz CT molecular complexity index is 163. The third-order valence-corrected chi connectivity index (χ3v) is 4.92. The first kappa shape index (κ1) is 8.89. The van der Waals surface area contributed by atoms with E-state index in [9.17, 15) is 0 Å². The summed E-state index contributed by atoms with van der Waals surface area (Å²) in [6.07, 6.45) is 2.92. The van der Waals surface area contributed by atoms with E-state index in [0.717, 1.165) is 11.8 Å². The molecule has 12 heavy (non-hydrogen) atoms. The Balaban J connectivity index is 1.85. The summed E-state index contributed by atoms with van der Waals surface area (Å²) >= 11 is 2.16. The van der Waals surface area contributed by atoms with E-state index in [4.69, 9.17) is 0 Å². The summed E-state index contributed by atoms with van der Waals surface area (Å²) in [7, 11) is 0. The predicted octanol–water partition coefficient (Wildman–Crippen LogP) is 2.13. The van der Waals surface area contributed by atoms with Crippen molar-refractivity contribution in [2.24, 2.45) is 11.8 Å². The van der Waals surface area contributed by atoms with Crippen LogP contribution in [0.2, 0.25) is 0 Å². The molecule has 0 amide bonds. The van der Waals surface area contributed by atoms with E-state index >= 15 is 0 Å². The lowest BCUT2D eigenvalue weighted by atomic mass is 9.82. The van der Waals surface area contributed by atoms with Crippen molar-refractivity contribution >= 4 is 11.8 Å². The number of nitrogens with one attached hydrogen (secondary N) is 1. The van der Waals surface area contributed by atoms with Crippen molar-refractivity contribution in [3.63, 3.8) is 0 Å². The zero-order valence-electron chi connectivity index (χ0n) is 8.10. The van der Waals surface area contributed by atoms with Gasteiger partial charge in [-0.2, -0.15) is 11.8 Å². The zero-order valence-corrected chi connectivity index (χ0v) is 8.91. The highest BCUT2D eigenvalue weighted by atomic mass is 32.2. The molecule has 1 atom stereocenters. The van der Waals surface area contributed by atoms with Gasteiger partial charge in [0.2, 0.25) is 0 Å². The van der Waals surface area contributed by atoms with Crippen LogP contribution < -0.4 is 5.32 Å². The van der Waals surface area contributed by atoms with Gasteiger partial charge in [-0.25, -0.2) is 0 Å². The molecular weight excluding hydrogens is 166 g/mol. The van der Waals surface area contributed by atoms with Gasteiger partial charge in [-0.3, -0.25) is 0 Å². The molecule has 2 aliphatic rings. The molecule has 0 radical (unpaired) electrons. The maximum absolute atomic E-state index is 3.36. The van der Waals surface area contributed by atoms with E-state index in [2.05, 4.69) is 30.9 Å². The van der Waals surface area contributed by atoms with Gasteiger partial charge in [0.25, 0.3) is 0 Å². The predicted molar refractivity (Wildman–Crippen MR) is 55.6 cm³/mol. The second kappa shape index (κ2) is 3.22. The molecule has 2 rings (SSSR count). The van der Waals surface area contributed by atoms with Gasteiger partial charge in [0.1, 0.15) is 0 Å². The van der Waals surface area contributed by atoms with Gasteiger partial charge in [0, 0.05) is 4.75 Å². The van der Waals surface area contributed by atoms with Crippen LogP contribution in [0, 0.1) is 11.8 Å². The van der Waals surface area contributed by atoms with Crippen LogP contribution in [-0.2, 0) is 0 Å². The second-order valence-corrected chi connectivity index (χ2v) is 6.45. The Morgan fingerprint density at radius 3 is 2.58 bits per heavy atom. The topological polar surface area (TPSA) is 12.0 Å². The van der Waals surface area contributed by atoms with E-state index < -0.39 is 0 Å². The first-order valence-electron chi connectivity index (χ1n) is 5.03. The lowest BCUT2D eigenvalue weighted by Gasteiger charge is -2.34. The first-order valence-corrected chi connectivity index (χ1v) is 6.02. The maximum atomic E-state index is 3.36. The molecule has 0 aromatic heterocycles. The van der Waals surface area contributed by atoms with Gasteiger partial charge < -0.3 is 5.32 Å². The van der Waals surface area contributed by atoms with Crippen LogP contribution in [0.15, 0.2) is 0 Å². The normalized spacial score (nSPS) is 35.0. The monoisotopic (exact) mass is 185 g/mol. The molecule has 2 heteroatoms. The van der Waals surface area contributed by atoms with E-state index in [1.54, 1.807) is 0 Å². The van der Waals surface area contributed by atoms with Crippen molar-refractivity contribution in [3.8, 4) is 0 Å². The van der Waals surface area contributed by atoms with Gasteiger partial charge in [0.05, 0.1) is 0 Å². The molecule has 1 nitrogen and oxygen atoms in total. The minimum atomic E-state index is 0.565. The summed E-state index contributed by atoms with van der Waals surface area (Å²) in [4.78, 5) is 0. The van der Waals surface area contributed by atoms with Crippen LogP contribution in [-0.4, -0.2) is 23.6 Å². The number of rotatable bonds is 2. The van der Waals surface area contributed by atoms with Crippen molar-refractivity contribution in [2.45, 2.75) is 31.4 Å². The molecule has 1 unspecified atom stereocenters. The minimum absolute atomic E-state index is 0.565. The summed E-state index contributed by atoms with van der Waals surface area (Å²) in [6.45, 7) is 7.39. The van der Waals surface area contributed by atoms with Crippen LogP contribution in [0.5, 0.6) is 0 Å². The zero-order chi connectivity index (χ0) is 8.60. The molecule has 0 bridgehead atoms. The fourth-order valence-corrected chi connectivity index (χ4v) is 3.63.